The minimum Gasteiger partial charge on any atom is -0.495 e. The average Bonchev–Trinajstić information content (AvgIpc) is 2.73. The molecule has 1 fully saturated rings. The number of rotatable bonds is 5. The third-order valence-corrected chi connectivity index (χ3v) is 7.39. The normalized spacial score (nSPS) is 15.5. The van der Waals surface area contributed by atoms with Gasteiger partial charge in [0, 0.05) is 18.7 Å². The molecule has 0 spiro atoms. The van der Waals surface area contributed by atoms with Crippen molar-refractivity contribution in [3.63, 3.8) is 0 Å². The van der Waals surface area contributed by atoms with Gasteiger partial charge in [0.25, 0.3) is 5.91 Å². The Kier molecular flexibility index (Phi) is 6.73. The number of aryl methyl sites for hydroxylation is 1. The number of carbonyl (C=O) groups excluding carboxylic acids is 1. The summed E-state index contributed by atoms with van der Waals surface area (Å²) in [5.74, 6) is 0.136. The van der Waals surface area contributed by atoms with Gasteiger partial charge in [-0.15, -0.1) is 0 Å². The van der Waals surface area contributed by atoms with Gasteiger partial charge in [-0.1, -0.05) is 32.9 Å². The first kappa shape index (κ1) is 23.2. The molecule has 31 heavy (non-hydrogen) atoms. The van der Waals surface area contributed by atoms with E-state index in [1.807, 2.05) is 18.2 Å². The molecule has 1 amide bonds. The van der Waals surface area contributed by atoms with Crippen LogP contribution < -0.4 is 10.1 Å². The van der Waals surface area contributed by atoms with E-state index in [0.717, 1.165) is 5.56 Å². The van der Waals surface area contributed by atoms with Gasteiger partial charge < -0.3 is 14.8 Å². The Labute approximate surface area is 184 Å². The van der Waals surface area contributed by atoms with Gasteiger partial charge in [0.15, 0.2) is 0 Å². The fourth-order valence-electron chi connectivity index (χ4n) is 3.41. The highest BCUT2D eigenvalue weighted by atomic mass is 32.2. The molecule has 1 aliphatic heterocycles. The summed E-state index contributed by atoms with van der Waals surface area (Å²) in [6.07, 6.45) is 0. The van der Waals surface area contributed by atoms with Gasteiger partial charge in [0.05, 0.1) is 30.9 Å². The number of carbonyl (C=O) groups is 1. The van der Waals surface area contributed by atoms with Crippen LogP contribution in [0.15, 0.2) is 41.3 Å². The van der Waals surface area contributed by atoms with Crippen LogP contribution in [0.4, 0.5) is 5.69 Å². The van der Waals surface area contributed by atoms with E-state index in [1.54, 1.807) is 26.2 Å². The Morgan fingerprint density at radius 2 is 1.77 bits per heavy atom. The lowest BCUT2D eigenvalue weighted by molar-refractivity contribution is 0.0730. The van der Waals surface area contributed by atoms with Crippen molar-refractivity contribution in [2.24, 2.45) is 0 Å². The Bertz CT molecular complexity index is 1070. The van der Waals surface area contributed by atoms with Crippen LogP contribution in [-0.2, 0) is 20.2 Å². The Hall–Kier alpha value is -2.42. The van der Waals surface area contributed by atoms with Gasteiger partial charge in [-0.25, -0.2) is 8.42 Å². The molecule has 168 valence electrons. The second-order valence-electron chi connectivity index (χ2n) is 8.62. The van der Waals surface area contributed by atoms with Gasteiger partial charge in [-0.05, 0) is 47.7 Å². The van der Waals surface area contributed by atoms with Crippen LogP contribution in [-0.4, -0.2) is 52.0 Å². The van der Waals surface area contributed by atoms with E-state index in [1.165, 1.54) is 10.4 Å². The third kappa shape index (κ3) is 5.08. The van der Waals surface area contributed by atoms with E-state index in [9.17, 15) is 13.2 Å². The summed E-state index contributed by atoms with van der Waals surface area (Å²) in [5, 5.41) is 2.88. The summed E-state index contributed by atoms with van der Waals surface area (Å²) < 4.78 is 38.3. The van der Waals surface area contributed by atoms with Crippen LogP contribution >= 0.6 is 0 Å². The second kappa shape index (κ2) is 8.98. The first-order valence-electron chi connectivity index (χ1n) is 10.2. The van der Waals surface area contributed by atoms with Crippen LogP contribution in [0, 0.1) is 6.92 Å². The highest BCUT2D eigenvalue weighted by Gasteiger charge is 2.28. The minimum atomic E-state index is -3.71. The predicted octanol–water partition coefficient (Wildman–Crippen LogP) is 3.57. The molecule has 1 aliphatic rings. The molecule has 0 bridgehead atoms. The highest BCUT2D eigenvalue weighted by molar-refractivity contribution is 7.89. The molecular formula is C23H30N2O5S. The quantitative estimate of drug-likeness (QED) is 0.759. The van der Waals surface area contributed by atoms with E-state index in [4.69, 9.17) is 9.47 Å². The molecule has 0 aromatic heterocycles. The van der Waals surface area contributed by atoms with Crippen LogP contribution in [0.5, 0.6) is 5.75 Å². The molecule has 1 heterocycles. The molecule has 2 aromatic carbocycles. The molecule has 0 radical (unpaired) electrons. The molecule has 0 atom stereocenters. The Balaban J connectivity index is 1.92. The molecule has 8 heteroatoms. The van der Waals surface area contributed by atoms with Crippen LogP contribution in [0.1, 0.15) is 42.3 Å². The van der Waals surface area contributed by atoms with Gasteiger partial charge in [-0.3, -0.25) is 4.79 Å². The number of morpholine rings is 1. The monoisotopic (exact) mass is 446 g/mol. The number of ether oxygens (including phenoxy) is 2. The summed E-state index contributed by atoms with van der Waals surface area (Å²) in [6, 6.07) is 10.4. The summed E-state index contributed by atoms with van der Waals surface area (Å²) >= 11 is 0. The van der Waals surface area contributed by atoms with Crippen molar-refractivity contribution >= 4 is 21.6 Å². The van der Waals surface area contributed by atoms with Gasteiger partial charge in [-0.2, -0.15) is 4.31 Å². The number of sulfonamides is 1. The van der Waals surface area contributed by atoms with Crippen LogP contribution in [0.2, 0.25) is 0 Å². The van der Waals surface area contributed by atoms with Crippen molar-refractivity contribution in [2.45, 2.75) is 38.0 Å². The van der Waals surface area contributed by atoms with E-state index >= 15 is 0 Å². The number of benzene rings is 2. The van der Waals surface area contributed by atoms with Gasteiger partial charge in [0.2, 0.25) is 10.0 Å². The maximum absolute atomic E-state index is 13.1. The van der Waals surface area contributed by atoms with Crippen molar-refractivity contribution in [3.05, 3.63) is 53.1 Å². The predicted molar refractivity (Wildman–Crippen MR) is 120 cm³/mol. The van der Waals surface area contributed by atoms with E-state index in [0.29, 0.717) is 43.3 Å². The lowest BCUT2D eigenvalue weighted by atomic mass is 9.87. The second-order valence-corrected chi connectivity index (χ2v) is 10.5. The number of nitrogens with one attached hydrogen (secondary N) is 1. The van der Waals surface area contributed by atoms with Crippen LogP contribution in [0.3, 0.4) is 0 Å². The molecule has 0 saturated carbocycles. The van der Waals surface area contributed by atoms with Crippen molar-refractivity contribution in [1.29, 1.82) is 0 Å². The number of methoxy groups -OCH3 is 1. The summed E-state index contributed by atoms with van der Waals surface area (Å²) in [4.78, 5) is 13.2. The zero-order valence-corrected chi connectivity index (χ0v) is 19.5. The Morgan fingerprint density at radius 1 is 1.10 bits per heavy atom. The van der Waals surface area contributed by atoms with Crippen molar-refractivity contribution < 1.29 is 22.7 Å². The number of nitrogens with zero attached hydrogens (tertiary/aromatic N) is 1. The highest BCUT2D eigenvalue weighted by Crippen LogP contribution is 2.32. The maximum atomic E-state index is 13.1. The maximum Gasteiger partial charge on any atom is 0.255 e. The van der Waals surface area contributed by atoms with Crippen LogP contribution in [0.25, 0.3) is 0 Å². The molecule has 1 N–H and O–H groups in total. The zero-order valence-electron chi connectivity index (χ0n) is 18.7. The third-order valence-electron chi connectivity index (χ3n) is 5.35. The van der Waals surface area contributed by atoms with E-state index in [2.05, 4.69) is 26.1 Å². The fourth-order valence-corrected chi connectivity index (χ4v) is 5.07. The van der Waals surface area contributed by atoms with E-state index < -0.39 is 15.9 Å². The SMILES string of the molecule is COc1ccc(C(C)(C)C)cc1NC(=O)c1ccc(C)c(S(=O)(=O)N2CCOCC2)c1. The first-order chi connectivity index (χ1) is 14.5. The lowest BCUT2D eigenvalue weighted by Crippen LogP contribution is -2.40. The number of hydrogen-bond acceptors (Lipinski definition) is 5. The van der Waals surface area contributed by atoms with Crippen molar-refractivity contribution in [1.82, 2.24) is 4.31 Å². The first-order valence-corrected chi connectivity index (χ1v) is 11.7. The summed E-state index contributed by atoms with van der Waals surface area (Å²) in [5.41, 5.74) is 2.34. The fraction of sp³-hybridized carbons (Fsp3) is 0.435. The largest absolute Gasteiger partial charge is 0.495 e. The van der Waals surface area contributed by atoms with Crippen molar-refractivity contribution in [3.8, 4) is 5.75 Å². The lowest BCUT2D eigenvalue weighted by Gasteiger charge is -2.26. The summed E-state index contributed by atoms with van der Waals surface area (Å²) in [7, 11) is -2.17. The van der Waals surface area contributed by atoms with Crippen molar-refractivity contribution in [2.75, 3.05) is 38.7 Å². The van der Waals surface area contributed by atoms with Gasteiger partial charge in [0.1, 0.15) is 5.75 Å². The molecule has 1 saturated heterocycles. The Morgan fingerprint density at radius 3 is 2.39 bits per heavy atom. The topological polar surface area (TPSA) is 84.9 Å². The minimum absolute atomic E-state index is 0.102. The zero-order chi connectivity index (χ0) is 22.8. The average molecular weight is 447 g/mol. The molecule has 0 unspecified atom stereocenters. The molecule has 3 rings (SSSR count). The smallest absolute Gasteiger partial charge is 0.255 e. The number of amides is 1. The molecule has 0 aliphatic carbocycles. The number of anilines is 1. The number of hydrogen-bond donors (Lipinski definition) is 1. The molecule has 7 nitrogen and oxygen atoms in total. The van der Waals surface area contributed by atoms with E-state index in [-0.39, 0.29) is 15.9 Å². The van der Waals surface area contributed by atoms with Gasteiger partial charge >= 0.3 is 0 Å². The molecule has 2 aromatic rings. The summed E-state index contributed by atoms with van der Waals surface area (Å²) in [6.45, 7) is 9.31. The standard InChI is InChI=1S/C23H30N2O5S/c1-16-6-7-17(14-21(16)31(27,28)25-10-12-30-13-11-25)22(26)24-19-15-18(23(2,3)4)8-9-20(19)29-5/h6-9,14-15H,10-13H2,1-5H3,(H,24,26). The molecular weight excluding hydrogens is 416 g/mol.